The molecule has 0 aromatic heterocycles. The summed E-state index contributed by atoms with van der Waals surface area (Å²) in [6.07, 6.45) is 0. The van der Waals surface area contributed by atoms with Crippen LogP contribution < -0.4 is 4.74 Å². The van der Waals surface area contributed by atoms with Crippen molar-refractivity contribution in [3.8, 4) is 5.75 Å². The standard InChI is InChI=1S/C8H8ClNO3.C7H5Cl2NO2/c1-5-3-7(10(11)12)8(13-2)4-6(5)9;1-4-2-7(10(11)12)6(9)3-5(4)8/h3-4H,1-2H3;2-3H,1H3. The summed E-state index contributed by atoms with van der Waals surface area (Å²) in [4.78, 5) is 19.9. The van der Waals surface area contributed by atoms with Gasteiger partial charge in [0, 0.05) is 28.2 Å². The van der Waals surface area contributed by atoms with E-state index < -0.39 is 9.85 Å². The van der Waals surface area contributed by atoms with Crippen molar-refractivity contribution in [2.75, 3.05) is 7.11 Å². The molecule has 0 aliphatic rings. The number of hydrogen-bond acceptors (Lipinski definition) is 5. The van der Waals surface area contributed by atoms with Crippen LogP contribution in [-0.2, 0) is 0 Å². The van der Waals surface area contributed by atoms with Crippen LogP contribution in [0.1, 0.15) is 11.1 Å². The lowest BCUT2D eigenvalue weighted by molar-refractivity contribution is -0.385. The summed E-state index contributed by atoms with van der Waals surface area (Å²) in [7, 11) is 1.37. The van der Waals surface area contributed by atoms with Gasteiger partial charge in [-0.15, -0.1) is 0 Å². The summed E-state index contributed by atoms with van der Waals surface area (Å²) in [6, 6.07) is 5.55. The third-order valence-corrected chi connectivity index (χ3v) is 4.20. The van der Waals surface area contributed by atoms with Crippen molar-refractivity contribution in [2.24, 2.45) is 0 Å². The first kappa shape index (κ1) is 21.0. The molecular weight excluding hydrogens is 395 g/mol. The lowest BCUT2D eigenvalue weighted by atomic mass is 10.2. The molecule has 0 atom stereocenters. The van der Waals surface area contributed by atoms with Gasteiger partial charge in [-0.25, -0.2) is 0 Å². The molecule has 0 heterocycles. The largest absolute Gasteiger partial charge is 0.490 e. The molecule has 0 bridgehead atoms. The van der Waals surface area contributed by atoms with Crippen LogP contribution in [0.3, 0.4) is 0 Å². The molecule has 0 amide bonds. The number of methoxy groups -OCH3 is 1. The van der Waals surface area contributed by atoms with Gasteiger partial charge in [0.1, 0.15) is 5.02 Å². The predicted octanol–water partition coefficient (Wildman–Crippen LogP) is 5.78. The summed E-state index contributed by atoms with van der Waals surface area (Å²) >= 11 is 17.0. The molecule has 0 unspecified atom stereocenters. The van der Waals surface area contributed by atoms with Gasteiger partial charge >= 0.3 is 5.69 Å². The van der Waals surface area contributed by atoms with Gasteiger partial charge in [-0.3, -0.25) is 20.2 Å². The van der Waals surface area contributed by atoms with Crippen molar-refractivity contribution in [1.82, 2.24) is 0 Å². The van der Waals surface area contributed by atoms with Gasteiger partial charge in [0.15, 0.2) is 5.75 Å². The molecule has 0 saturated heterocycles. The molecule has 2 aromatic carbocycles. The molecule has 0 spiro atoms. The summed E-state index contributed by atoms with van der Waals surface area (Å²) in [5.74, 6) is 0.181. The Labute approximate surface area is 158 Å². The highest BCUT2D eigenvalue weighted by atomic mass is 35.5. The van der Waals surface area contributed by atoms with Crippen molar-refractivity contribution in [1.29, 1.82) is 0 Å². The van der Waals surface area contributed by atoms with E-state index in [0.717, 1.165) is 0 Å². The van der Waals surface area contributed by atoms with E-state index in [4.69, 9.17) is 39.5 Å². The smallest absolute Gasteiger partial charge is 0.311 e. The average Bonchev–Trinajstić information content (AvgIpc) is 2.53. The highest BCUT2D eigenvalue weighted by Gasteiger charge is 2.16. The zero-order chi connectivity index (χ0) is 19.3. The normalized spacial score (nSPS) is 9.84. The van der Waals surface area contributed by atoms with Crippen LogP contribution in [0.15, 0.2) is 24.3 Å². The molecule has 2 rings (SSSR count). The summed E-state index contributed by atoms with van der Waals surface area (Å²) < 4.78 is 4.82. The topological polar surface area (TPSA) is 95.5 Å². The van der Waals surface area contributed by atoms with Crippen LogP contribution in [0.2, 0.25) is 15.1 Å². The van der Waals surface area contributed by atoms with E-state index in [0.29, 0.717) is 21.2 Å². The molecule has 0 fully saturated rings. The Hall–Kier alpha value is -2.09. The Balaban J connectivity index is 0.000000251. The first-order valence-corrected chi connectivity index (χ1v) is 7.80. The van der Waals surface area contributed by atoms with E-state index in [-0.39, 0.29) is 22.1 Å². The number of hydrogen-bond donors (Lipinski definition) is 0. The van der Waals surface area contributed by atoms with E-state index in [1.165, 1.54) is 31.4 Å². The van der Waals surface area contributed by atoms with Crippen LogP contribution in [0.5, 0.6) is 5.75 Å². The van der Waals surface area contributed by atoms with Crippen molar-refractivity contribution in [2.45, 2.75) is 13.8 Å². The van der Waals surface area contributed by atoms with Crippen molar-refractivity contribution < 1.29 is 14.6 Å². The lowest BCUT2D eigenvalue weighted by Gasteiger charge is -2.03. The Morgan fingerprint density at radius 2 is 1.24 bits per heavy atom. The number of nitro benzene ring substituents is 2. The molecule has 10 heteroatoms. The van der Waals surface area contributed by atoms with Crippen LogP contribution >= 0.6 is 34.8 Å². The first-order valence-electron chi connectivity index (χ1n) is 6.67. The number of nitro groups is 2. The maximum Gasteiger partial charge on any atom is 0.311 e. The molecule has 25 heavy (non-hydrogen) atoms. The molecular formula is C15H13Cl3N2O5. The fourth-order valence-corrected chi connectivity index (χ4v) is 2.34. The van der Waals surface area contributed by atoms with Gasteiger partial charge in [0.05, 0.1) is 17.0 Å². The fraction of sp³-hybridized carbons (Fsp3) is 0.200. The van der Waals surface area contributed by atoms with Gasteiger partial charge in [-0.05, 0) is 31.0 Å². The lowest BCUT2D eigenvalue weighted by Crippen LogP contribution is -1.94. The van der Waals surface area contributed by atoms with Crippen molar-refractivity contribution >= 4 is 46.2 Å². The van der Waals surface area contributed by atoms with Gasteiger partial charge in [0.2, 0.25) is 0 Å². The monoisotopic (exact) mass is 406 g/mol. The Morgan fingerprint density at radius 3 is 1.68 bits per heavy atom. The number of benzene rings is 2. The summed E-state index contributed by atoms with van der Waals surface area (Å²) in [5, 5.41) is 21.9. The zero-order valence-corrected chi connectivity index (χ0v) is 15.6. The molecule has 2 aromatic rings. The summed E-state index contributed by atoms with van der Waals surface area (Å²) in [6.45, 7) is 3.39. The van der Waals surface area contributed by atoms with E-state index in [2.05, 4.69) is 0 Å². The van der Waals surface area contributed by atoms with Crippen molar-refractivity contribution in [3.63, 3.8) is 0 Å². The van der Waals surface area contributed by atoms with E-state index in [1.54, 1.807) is 13.8 Å². The van der Waals surface area contributed by atoms with E-state index >= 15 is 0 Å². The highest BCUT2D eigenvalue weighted by Crippen LogP contribution is 2.32. The fourth-order valence-electron chi connectivity index (χ4n) is 1.74. The number of aryl methyl sites for hydroxylation is 2. The second-order valence-electron chi connectivity index (χ2n) is 4.84. The second-order valence-corrected chi connectivity index (χ2v) is 6.06. The van der Waals surface area contributed by atoms with Crippen LogP contribution in [0.25, 0.3) is 0 Å². The van der Waals surface area contributed by atoms with Gasteiger partial charge in [-0.2, -0.15) is 0 Å². The van der Waals surface area contributed by atoms with Gasteiger partial charge < -0.3 is 4.74 Å². The number of halogens is 3. The quantitative estimate of drug-likeness (QED) is 0.475. The average molecular weight is 408 g/mol. The SMILES string of the molecule is COc1cc(Cl)c(C)cc1[N+](=O)[O-].Cc1cc([N+](=O)[O-])c(Cl)cc1Cl. The van der Waals surface area contributed by atoms with E-state index in [9.17, 15) is 20.2 Å². The molecule has 0 saturated carbocycles. The Morgan fingerprint density at radius 1 is 0.800 bits per heavy atom. The molecule has 0 radical (unpaired) electrons. The molecule has 0 aliphatic heterocycles. The van der Waals surface area contributed by atoms with Gasteiger partial charge in [-0.1, -0.05) is 34.8 Å². The van der Waals surface area contributed by atoms with Crippen LogP contribution in [-0.4, -0.2) is 17.0 Å². The van der Waals surface area contributed by atoms with Crippen LogP contribution in [0.4, 0.5) is 11.4 Å². The Bertz CT molecular complexity index is 827. The van der Waals surface area contributed by atoms with Crippen LogP contribution in [0, 0.1) is 34.1 Å². The minimum Gasteiger partial charge on any atom is -0.490 e. The number of nitrogens with zero attached hydrogens (tertiary/aromatic N) is 2. The summed E-state index contributed by atoms with van der Waals surface area (Å²) in [5.41, 5.74) is 1.13. The molecule has 0 aliphatic carbocycles. The molecule has 134 valence electrons. The minimum atomic E-state index is -0.536. The minimum absolute atomic E-state index is 0.0654. The maximum absolute atomic E-state index is 10.5. The van der Waals surface area contributed by atoms with E-state index in [1.807, 2.05) is 0 Å². The maximum atomic E-state index is 10.5. The Kier molecular flexibility index (Phi) is 7.41. The third-order valence-electron chi connectivity index (χ3n) is 3.08. The highest BCUT2D eigenvalue weighted by molar-refractivity contribution is 6.36. The third kappa shape index (κ3) is 5.45. The second kappa shape index (κ2) is 8.84. The number of ether oxygens (including phenoxy) is 1. The van der Waals surface area contributed by atoms with Gasteiger partial charge in [0.25, 0.3) is 5.69 Å². The molecule has 7 nitrogen and oxygen atoms in total. The van der Waals surface area contributed by atoms with Crippen molar-refractivity contribution in [3.05, 3.63) is 70.7 Å². The predicted molar refractivity (Wildman–Crippen MR) is 97.2 cm³/mol. The number of rotatable bonds is 3. The zero-order valence-electron chi connectivity index (χ0n) is 13.4. The molecule has 0 N–H and O–H groups in total. The first-order chi connectivity index (χ1) is 11.6.